The standard InChI is InChI=1S/C26H23NO3S.H2O/c28-23(16-17-24-9-6-18-30-24)19-20-12-14-22(15-13-20)27-31(29)26-11-5-4-10-25(26)21-7-2-1-3-8-21;/h1-15,18,27H,16-17,19H2;1H2. The van der Waals surface area contributed by atoms with Gasteiger partial charge in [0.05, 0.1) is 11.2 Å². The van der Waals surface area contributed by atoms with E-state index >= 15 is 0 Å². The minimum Gasteiger partial charge on any atom is -0.469 e. The van der Waals surface area contributed by atoms with Crippen molar-refractivity contribution in [3.8, 4) is 11.1 Å². The lowest BCUT2D eigenvalue weighted by Crippen LogP contribution is -2.07. The van der Waals surface area contributed by atoms with E-state index in [1.807, 2.05) is 91.0 Å². The maximum absolute atomic E-state index is 13.0. The third kappa shape index (κ3) is 6.03. The minimum absolute atomic E-state index is 0. The summed E-state index contributed by atoms with van der Waals surface area (Å²) in [5.41, 5.74) is 3.64. The van der Waals surface area contributed by atoms with Gasteiger partial charge in [0.15, 0.2) is 11.0 Å². The predicted molar refractivity (Wildman–Crippen MR) is 128 cm³/mol. The zero-order valence-electron chi connectivity index (χ0n) is 17.5. The van der Waals surface area contributed by atoms with Gasteiger partial charge < -0.3 is 14.6 Å². The molecule has 0 spiro atoms. The quantitative estimate of drug-likeness (QED) is 0.391. The highest BCUT2D eigenvalue weighted by Crippen LogP contribution is 2.26. The molecule has 0 aliphatic rings. The number of benzene rings is 3. The predicted octanol–water partition coefficient (Wildman–Crippen LogP) is 5.00. The average Bonchev–Trinajstić information content (AvgIpc) is 3.33. The van der Waals surface area contributed by atoms with Crippen LogP contribution in [-0.4, -0.2) is 15.5 Å². The largest absolute Gasteiger partial charge is 0.469 e. The van der Waals surface area contributed by atoms with Gasteiger partial charge in [0.2, 0.25) is 0 Å². The molecule has 1 aromatic heterocycles. The highest BCUT2D eigenvalue weighted by atomic mass is 32.2. The molecule has 6 heteroatoms. The molecule has 0 radical (unpaired) electrons. The third-order valence-corrected chi connectivity index (χ3v) is 6.14. The molecule has 4 rings (SSSR count). The van der Waals surface area contributed by atoms with E-state index in [2.05, 4.69) is 4.72 Å². The number of hydrogen-bond acceptors (Lipinski definition) is 3. The van der Waals surface area contributed by atoms with Crippen LogP contribution in [0.25, 0.3) is 11.1 Å². The van der Waals surface area contributed by atoms with Crippen LogP contribution in [0, 0.1) is 0 Å². The van der Waals surface area contributed by atoms with Gasteiger partial charge in [0.25, 0.3) is 0 Å². The van der Waals surface area contributed by atoms with Crippen molar-refractivity contribution in [2.24, 2.45) is 0 Å². The first-order chi connectivity index (χ1) is 15.2. The molecule has 0 saturated heterocycles. The molecule has 4 aromatic rings. The molecule has 0 fully saturated rings. The second-order valence-corrected chi connectivity index (χ2v) is 8.41. The molecule has 1 heterocycles. The van der Waals surface area contributed by atoms with Crippen molar-refractivity contribution in [3.05, 3.63) is 109 Å². The Balaban J connectivity index is 0.00000289. The van der Waals surface area contributed by atoms with Gasteiger partial charge in [-0.1, -0.05) is 60.7 Å². The monoisotopic (exact) mass is 447 g/mol. The van der Waals surface area contributed by atoms with E-state index in [4.69, 9.17) is 4.42 Å². The maximum atomic E-state index is 13.0. The van der Waals surface area contributed by atoms with Crippen molar-refractivity contribution in [2.45, 2.75) is 24.2 Å². The van der Waals surface area contributed by atoms with Gasteiger partial charge >= 0.3 is 0 Å². The molecule has 1 atom stereocenters. The molecule has 3 N–H and O–H groups in total. The number of carbonyl (C=O) groups is 1. The number of nitrogens with one attached hydrogen (secondary N) is 1. The van der Waals surface area contributed by atoms with Crippen molar-refractivity contribution in [2.75, 3.05) is 4.72 Å². The SMILES string of the molecule is O.O=C(CCc1ccco1)Cc1ccc(NS(=O)c2ccccc2-c2ccccc2)cc1. The molecular weight excluding hydrogens is 422 g/mol. The summed E-state index contributed by atoms with van der Waals surface area (Å²) < 4.78 is 21.3. The van der Waals surface area contributed by atoms with E-state index in [1.54, 1.807) is 6.26 Å². The smallest absolute Gasteiger partial charge is 0.150 e. The van der Waals surface area contributed by atoms with Gasteiger partial charge in [-0.15, -0.1) is 0 Å². The summed E-state index contributed by atoms with van der Waals surface area (Å²) in [6, 6.07) is 28.8. The number of hydrogen-bond donors (Lipinski definition) is 1. The Morgan fingerprint density at radius 1 is 0.844 bits per heavy atom. The van der Waals surface area contributed by atoms with Crippen LogP contribution in [0.2, 0.25) is 0 Å². The van der Waals surface area contributed by atoms with E-state index in [9.17, 15) is 9.00 Å². The Kier molecular flexibility index (Phi) is 8.14. The van der Waals surface area contributed by atoms with E-state index in [1.165, 1.54) is 0 Å². The average molecular weight is 448 g/mol. The number of carbonyl (C=O) groups excluding carboxylic acids is 1. The van der Waals surface area contributed by atoms with Crippen LogP contribution in [-0.2, 0) is 28.6 Å². The summed E-state index contributed by atoms with van der Waals surface area (Å²) in [5, 5.41) is 0. The number of anilines is 1. The van der Waals surface area contributed by atoms with Gasteiger partial charge in [0.1, 0.15) is 11.5 Å². The Labute approximate surface area is 190 Å². The van der Waals surface area contributed by atoms with Crippen LogP contribution in [0.3, 0.4) is 0 Å². The first-order valence-corrected chi connectivity index (χ1v) is 11.3. The molecule has 0 bridgehead atoms. The molecule has 164 valence electrons. The molecule has 0 aliphatic heterocycles. The number of aryl methyl sites for hydroxylation is 1. The molecule has 3 aromatic carbocycles. The Bertz CT molecular complexity index is 1160. The Morgan fingerprint density at radius 3 is 2.28 bits per heavy atom. The number of ketones is 1. The molecule has 0 aliphatic carbocycles. The van der Waals surface area contributed by atoms with Crippen molar-refractivity contribution in [3.63, 3.8) is 0 Å². The lowest BCUT2D eigenvalue weighted by atomic mass is 10.0. The van der Waals surface area contributed by atoms with Crippen LogP contribution < -0.4 is 4.72 Å². The van der Waals surface area contributed by atoms with Crippen LogP contribution in [0.5, 0.6) is 0 Å². The summed E-state index contributed by atoms with van der Waals surface area (Å²) in [6.07, 6.45) is 3.06. The first-order valence-electron chi connectivity index (χ1n) is 10.1. The summed E-state index contributed by atoms with van der Waals surface area (Å²) in [7, 11) is -1.41. The van der Waals surface area contributed by atoms with E-state index in [0.717, 1.165) is 33.0 Å². The van der Waals surface area contributed by atoms with Gasteiger partial charge in [-0.2, -0.15) is 0 Å². The second kappa shape index (κ2) is 11.2. The highest BCUT2D eigenvalue weighted by Gasteiger charge is 2.12. The first kappa shape index (κ1) is 23.2. The number of furan rings is 1. The fourth-order valence-corrected chi connectivity index (χ4v) is 4.42. The summed E-state index contributed by atoms with van der Waals surface area (Å²) >= 11 is 0. The molecular formula is C26H25NO4S. The molecule has 0 saturated carbocycles. The highest BCUT2D eigenvalue weighted by molar-refractivity contribution is 7.86. The van der Waals surface area contributed by atoms with Crippen LogP contribution in [0.15, 0.2) is 107 Å². The molecule has 0 amide bonds. The Hall–Kier alpha value is -3.48. The zero-order valence-corrected chi connectivity index (χ0v) is 18.3. The molecule has 5 nitrogen and oxygen atoms in total. The van der Waals surface area contributed by atoms with Crippen LogP contribution in [0.1, 0.15) is 17.7 Å². The van der Waals surface area contributed by atoms with Gasteiger partial charge in [0, 0.05) is 24.9 Å². The Morgan fingerprint density at radius 2 is 1.56 bits per heavy atom. The fourth-order valence-electron chi connectivity index (χ4n) is 3.37. The third-order valence-electron chi connectivity index (χ3n) is 4.97. The summed E-state index contributed by atoms with van der Waals surface area (Å²) in [6.45, 7) is 0. The van der Waals surface area contributed by atoms with Crippen molar-refractivity contribution >= 4 is 22.5 Å². The van der Waals surface area contributed by atoms with Crippen molar-refractivity contribution < 1.29 is 18.9 Å². The normalized spacial score (nSPS) is 11.4. The minimum atomic E-state index is -1.41. The lowest BCUT2D eigenvalue weighted by molar-refractivity contribution is -0.118. The van der Waals surface area contributed by atoms with Crippen molar-refractivity contribution in [1.29, 1.82) is 0 Å². The van der Waals surface area contributed by atoms with Crippen LogP contribution in [0.4, 0.5) is 5.69 Å². The fraction of sp³-hybridized carbons (Fsp3) is 0.115. The topological polar surface area (TPSA) is 90.8 Å². The van der Waals surface area contributed by atoms with E-state index in [0.29, 0.717) is 19.3 Å². The maximum Gasteiger partial charge on any atom is 0.150 e. The zero-order chi connectivity index (χ0) is 21.5. The van der Waals surface area contributed by atoms with Gasteiger partial charge in [-0.3, -0.25) is 4.79 Å². The summed E-state index contributed by atoms with van der Waals surface area (Å²) in [4.78, 5) is 12.9. The molecule has 32 heavy (non-hydrogen) atoms. The van der Waals surface area contributed by atoms with E-state index < -0.39 is 11.0 Å². The molecule has 1 unspecified atom stereocenters. The second-order valence-electron chi connectivity index (χ2n) is 7.22. The van der Waals surface area contributed by atoms with Crippen LogP contribution >= 0.6 is 0 Å². The number of Topliss-reactive ketones (excluding diaryl/α,β-unsaturated/α-hetero) is 1. The van der Waals surface area contributed by atoms with Crippen molar-refractivity contribution in [1.82, 2.24) is 0 Å². The van der Waals surface area contributed by atoms with E-state index in [-0.39, 0.29) is 11.3 Å². The van der Waals surface area contributed by atoms with Gasteiger partial charge in [-0.25, -0.2) is 4.21 Å². The lowest BCUT2D eigenvalue weighted by Gasteiger charge is -2.11. The summed E-state index contributed by atoms with van der Waals surface area (Å²) in [5.74, 6) is 0.989. The number of rotatable bonds is 9. The van der Waals surface area contributed by atoms with Gasteiger partial charge in [-0.05, 0) is 47.0 Å².